The standard InChI is InChI=1S/C63H94F2N14O13/c1-66-40-48-39-63(64,65)46-79(48)58(84)41-69-62(91)51-20-23-67-53-19-18-50(38-52(51)53)92-37-9-24-73-33-35-78(36-34-73)57(83)13-4-2-3-6-22-70-72-54(11-5-7-21-68-55(81)12-8-10-47-14-16-49(80)17-15-47)71-56(82)42-74-25-27-75(43-59(85)86)29-31-77(45-61(89)90)32-30-76(28-26-74)44-60(87)88/h14-20,22-23,38,40,48,54-55,68,72,80-81H,2-13,21,24-37,39,41-46H2,1H3,(H,69,91)(H,71,82)(H,85,86)(H,87,88)(H,89,90)/b66-40?,70-22+/t48-,54-,55?/m1/s1. The molecule has 3 aromatic rings. The number of pyridine rings is 1. The number of aryl methyl sites for hydroxylation is 1. The van der Waals surface area contributed by atoms with Crippen molar-refractivity contribution in [2.45, 2.75) is 108 Å². The highest BCUT2D eigenvalue weighted by Gasteiger charge is 2.46. The Labute approximate surface area is 536 Å². The molecule has 27 nitrogen and oxygen atoms in total. The molecule has 0 bridgehead atoms. The number of phenols is 1. The molecule has 0 spiro atoms. The molecule has 6 rings (SSSR count). The molecule has 4 amide bonds. The number of carbonyl (C=O) groups is 7. The number of alkyl halides is 2. The third-order valence-electron chi connectivity index (χ3n) is 16.4. The number of aliphatic hydroxyl groups is 1. The summed E-state index contributed by atoms with van der Waals surface area (Å²) in [7, 11) is 1.45. The van der Waals surface area contributed by atoms with Gasteiger partial charge in [0.15, 0.2) is 0 Å². The van der Waals surface area contributed by atoms with Crippen molar-refractivity contribution < 1.29 is 72.6 Å². The molecule has 3 aliphatic rings. The third-order valence-corrected chi connectivity index (χ3v) is 16.4. The van der Waals surface area contributed by atoms with E-state index < -0.39 is 73.6 Å². The fourth-order valence-electron chi connectivity index (χ4n) is 11.3. The largest absolute Gasteiger partial charge is 0.508 e. The van der Waals surface area contributed by atoms with Crippen LogP contribution in [0.5, 0.6) is 11.5 Å². The number of carbonyl (C=O) groups excluding carboxylic acids is 4. The molecule has 92 heavy (non-hydrogen) atoms. The summed E-state index contributed by atoms with van der Waals surface area (Å²) in [6.07, 6.45) is 10.7. The van der Waals surface area contributed by atoms with Crippen molar-refractivity contribution in [1.82, 2.24) is 60.7 Å². The van der Waals surface area contributed by atoms with E-state index in [0.29, 0.717) is 94.3 Å². The van der Waals surface area contributed by atoms with E-state index >= 15 is 0 Å². The van der Waals surface area contributed by atoms with Crippen molar-refractivity contribution in [2.75, 3.05) is 145 Å². The van der Waals surface area contributed by atoms with E-state index in [-0.39, 0.29) is 102 Å². The highest BCUT2D eigenvalue weighted by atomic mass is 19.3. The van der Waals surface area contributed by atoms with Gasteiger partial charge < -0.3 is 50.7 Å². The predicted molar refractivity (Wildman–Crippen MR) is 341 cm³/mol. The molecule has 0 radical (unpaired) electrons. The SMILES string of the molecule is CN=C[C@H]1CC(F)(F)CN1C(=O)CNC(=O)c1ccnc2ccc(OCCCN3CCN(C(=O)CCCCC/C=N/N[C@H](CCCCNC(O)CCCc4ccc(O)cc4)NC(=O)CN4CCN(CC(=O)O)CCN(CC(=O)O)CCN(CC(=O)O)CC4)CC3)cc12. The van der Waals surface area contributed by atoms with Crippen LogP contribution in [0.25, 0.3) is 10.9 Å². The van der Waals surface area contributed by atoms with Crippen LogP contribution in [0.4, 0.5) is 8.78 Å². The maximum Gasteiger partial charge on any atom is 0.317 e. The van der Waals surface area contributed by atoms with Crippen LogP contribution in [-0.2, 0) is 35.2 Å². The van der Waals surface area contributed by atoms with Gasteiger partial charge in [-0.1, -0.05) is 18.6 Å². The second-order valence-electron chi connectivity index (χ2n) is 23.7. The Morgan fingerprint density at radius 1 is 0.728 bits per heavy atom. The molecule has 3 saturated heterocycles. The number of rotatable bonds is 36. The molecule has 1 unspecified atom stereocenters. The maximum absolute atomic E-state index is 14.1. The highest BCUT2D eigenvalue weighted by molar-refractivity contribution is 6.07. The van der Waals surface area contributed by atoms with Crippen LogP contribution in [0.15, 0.2) is 64.8 Å². The fourth-order valence-corrected chi connectivity index (χ4v) is 11.3. The Hall–Kier alpha value is -7.54. The van der Waals surface area contributed by atoms with Crippen molar-refractivity contribution in [3.05, 3.63) is 65.9 Å². The second kappa shape index (κ2) is 39.1. The zero-order valence-corrected chi connectivity index (χ0v) is 52.9. The van der Waals surface area contributed by atoms with Crippen molar-refractivity contribution in [1.29, 1.82) is 0 Å². The third kappa shape index (κ3) is 27.3. The number of carboxylic acid groups (broad SMARTS) is 3. The first-order chi connectivity index (χ1) is 44.2. The van der Waals surface area contributed by atoms with Gasteiger partial charge in [0.25, 0.3) is 11.8 Å². The molecule has 3 fully saturated rings. The van der Waals surface area contributed by atoms with Crippen LogP contribution < -0.4 is 26.1 Å². The first-order valence-corrected chi connectivity index (χ1v) is 31.9. The Morgan fingerprint density at radius 3 is 1.99 bits per heavy atom. The van der Waals surface area contributed by atoms with E-state index in [1.165, 1.54) is 25.5 Å². The molecule has 2 aromatic carbocycles. The number of nitrogens with one attached hydrogen (secondary N) is 4. The molecule has 29 heteroatoms. The number of nitrogens with zero attached hydrogens (tertiary/aromatic N) is 10. The maximum atomic E-state index is 14.1. The van der Waals surface area contributed by atoms with Crippen molar-refractivity contribution in [3.8, 4) is 11.5 Å². The number of aromatic hydroxyl groups is 1. The van der Waals surface area contributed by atoms with Crippen LogP contribution in [0.3, 0.4) is 0 Å². The minimum Gasteiger partial charge on any atom is -0.508 e. The number of aliphatic carboxylic acids is 3. The normalized spacial score (nSPS) is 18.3. The number of aliphatic imine (C=N–C) groups is 1. The molecular weight excluding hydrogens is 1200 g/mol. The van der Waals surface area contributed by atoms with Gasteiger partial charge in [-0.25, -0.2) is 8.78 Å². The van der Waals surface area contributed by atoms with Gasteiger partial charge in [-0.2, -0.15) is 5.10 Å². The summed E-state index contributed by atoms with van der Waals surface area (Å²) in [5.41, 5.74) is 4.97. The number of hydrazone groups is 1. The molecule has 0 saturated carbocycles. The summed E-state index contributed by atoms with van der Waals surface area (Å²) >= 11 is 0. The van der Waals surface area contributed by atoms with Gasteiger partial charge in [0, 0.05) is 129 Å². The number of aliphatic hydroxyl groups excluding tert-OH is 1. The average Bonchev–Trinajstić information content (AvgIpc) is 1.28. The predicted octanol–water partition coefficient (Wildman–Crippen LogP) is 2.06. The summed E-state index contributed by atoms with van der Waals surface area (Å²) in [5, 5.41) is 62.7. The van der Waals surface area contributed by atoms with Gasteiger partial charge in [0.2, 0.25) is 17.7 Å². The molecule has 9 N–H and O–H groups in total. The van der Waals surface area contributed by atoms with E-state index in [1.807, 2.05) is 21.9 Å². The van der Waals surface area contributed by atoms with Gasteiger partial charge >= 0.3 is 17.9 Å². The van der Waals surface area contributed by atoms with E-state index in [1.54, 1.807) is 51.2 Å². The Kier molecular flexibility index (Phi) is 31.2. The number of amides is 4. The van der Waals surface area contributed by atoms with Crippen molar-refractivity contribution >= 4 is 64.9 Å². The summed E-state index contributed by atoms with van der Waals surface area (Å²) in [6.45, 7) is 4.38. The average molecular weight is 1290 g/mol. The molecular formula is C63H94F2N14O13. The quantitative estimate of drug-likeness (QED) is 0.0174. The first-order valence-electron chi connectivity index (χ1n) is 31.9. The molecule has 3 aliphatic heterocycles. The lowest BCUT2D eigenvalue weighted by Crippen LogP contribution is -2.51. The van der Waals surface area contributed by atoms with Crippen molar-refractivity contribution in [3.63, 3.8) is 0 Å². The van der Waals surface area contributed by atoms with E-state index in [9.17, 15) is 67.9 Å². The number of phenolic OH excluding ortho intramolecular Hbond substituents is 1. The van der Waals surface area contributed by atoms with Crippen LogP contribution in [0, 0.1) is 0 Å². The van der Waals surface area contributed by atoms with E-state index in [0.717, 1.165) is 55.8 Å². The summed E-state index contributed by atoms with van der Waals surface area (Å²) < 4.78 is 34.3. The molecule has 3 atom stereocenters. The van der Waals surface area contributed by atoms with Gasteiger partial charge in [-0.15, -0.1) is 0 Å². The lowest BCUT2D eigenvalue weighted by molar-refractivity contribution is -0.140. The lowest BCUT2D eigenvalue weighted by Gasteiger charge is -2.34. The lowest BCUT2D eigenvalue weighted by atomic mass is 10.1. The van der Waals surface area contributed by atoms with Crippen LogP contribution in [0.1, 0.15) is 93.0 Å². The molecule has 4 heterocycles. The minimum atomic E-state index is -3.04. The monoisotopic (exact) mass is 1290 g/mol. The zero-order chi connectivity index (χ0) is 66.3. The fraction of sp³-hybridized carbons (Fsp3) is 0.619. The Bertz CT molecular complexity index is 2860. The van der Waals surface area contributed by atoms with Gasteiger partial charge in [0.05, 0.1) is 63.0 Å². The Balaban J connectivity index is 0.906. The smallest absolute Gasteiger partial charge is 0.317 e. The number of benzene rings is 2. The number of fused-ring (bicyclic) bond motifs is 1. The van der Waals surface area contributed by atoms with Gasteiger partial charge in [-0.3, -0.25) is 78.8 Å². The summed E-state index contributed by atoms with van der Waals surface area (Å²) in [5.74, 6) is -6.85. The number of hydrogen-bond acceptors (Lipinski definition) is 20. The minimum absolute atomic E-state index is 0.0686. The number of unbranched alkanes of at least 4 members (excludes halogenated alkanes) is 4. The number of halogens is 2. The number of ether oxygens (including phenoxy) is 1. The van der Waals surface area contributed by atoms with Crippen LogP contribution >= 0.6 is 0 Å². The van der Waals surface area contributed by atoms with E-state index in [4.69, 9.17) is 4.74 Å². The second-order valence-corrected chi connectivity index (χ2v) is 23.7. The molecule has 508 valence electrons. The number of likely N-dealkylation sites (tertiary alicyclic amines) is 1. The Morgan fingerprint density at radius 2 is 1.36 bits per heavy atom. The van der Waals surface area contributed by atoms with E-state index in [2.05, 4.69) is 41.4 Å². The number of piperazine rings is 1. The number of hydrogen-bond donors (Lipinski definition) is 9. The summed E-state index contributed by atoms with van der Waals surface area (Å²) in [4.78, 5) is 109. The van der Waals surface area contributed by atoms with Gasteiger partial charge in [0.1, 0.15) is 23.9 Å². The topological polar surface area (TPSA) is 338 Å². The molecule has 0 aliphatic carbocycles. The first kappa shape index (κ1) is 73.5. The molecule has 1 aromatic heterocycles. The zero-order valence-electron chi connectivity index (χ0n) is 52.9. The number of carboxylic acids is 3. The summed E-state index contributed by atoms with van der Waals surface area (Å²) in [6, 6.07) is 12.9. The van der Waals surface area contributed by atoms with Crippen LogP contribution in [0.2, 0.25) is 0 Å². The highest BCUT2D eigenvalue weighted by Crippen LogP contribution is 2.31. The van der Waals surface area contributed by atoms with Crippen LogP contribution in [-0.4, -0.2) is 288 Å². The van der Waals surface area contributed by atoms with Gasteiger partial charge in [-0.05, 0) is 113 Å². The number of aromatic nitrogens is 1. The van der Waals surface area contributed by atoms with Crippen molar-refractivity contribution in [2.24, 2.45) is 10.1 Å².